The lowest BCUT2D eigenvalue weighted by Crippen LogP contribution is -2.69. The van der Waals surface area contributed by atoms with Crippen molar-refractivity contribution in [1.29, 1.82) is 0 Å². The number of benzene rings is 3. The first kappa shape index (κ1) is 34.5. The molecule has 2 aliphatic rings. The van der Waals surface area contributed by atoms with Crippen LogP contribution in [0.25, 0.3) is 10.9 Å². The van der Waals surface area contributed by atoms with Crippen LogP contribution >= 0.6 is 0 Å². The molecule has 0 N–H and O–H groups in total. The first-order chi connectivity index (χ1) is 24.0. The summed E-state index contributed by atoms with van der Waals surface area (Å²) in [4.78, 5) is 61.5. The van der Waals surface area contributed by atoms with Crippen molar-refractivity contribution in [3.8, 4) is 11.5 Å². The smallest absolute Gasteiger partial charge is 0.417 e. The summed E-state index contributed by atoms with van der Waals surface area (Å²) in [6.07, 6.45) is 0.977. The fourth-order valence-electron chi connectivity index (χ4n) is 6.60. The van der Waals surface area contributed by atoms with E-state index in [0.717, 1.165) is 16.0 Å². The topological polar surface area (TPSA) is 130 Å². The number of carbonyl (C=O) groups excluding carboxylic acids is 3. The summed E-state index contributed by atoms with van der Waals surface area (Å²) in [5.41, 5.74) is -0.0827. The van der Waals surface area contributed by atoms with E-state index in [1.54, 1.807) is 37.5 Å². The summed E-state index contributed by atoms with van der Waals surface area (Å²) in [5.74, 6) is 0.296. The third-order valence-corrected chi connectivity index (χ3v) is 9.11. The molecule has 1 aromatic heterocycles. The van der Waals surface area contributed by atoms with Crippen LogP contribution in [0.4, 0.5) is 9.59 Å². The second kappa shape index (κ2) is 14.2. The molecule has 1 saturated heterocycles. The van der Waals surface area contributed by atoms with Gasteiger partial charge in [0.2, 0.25) is 0 Å². The van der Waals surface area contributed by atoms with Crippen molar-refractivity contribution in [1.82, 2.24) is 19.4 Å². The normalized spacial score (nSPS) is 19.4. The largest absolute Gasteiger partial charge is 0.493 e. The van der Waals surface area contributed by atoms with Gasteiger partial charge in [-0.1, -0.05) is 60.7 Å². The Kier molecular flexibility index (Phi) is 9.81. The van der Waals surface area contributed by atoms with E-state index in [1.807, 2.05) is 60.7 Å². The Morgan fingerprint density at radius 3 is 2.18 bits per heavy atom. The van der Waals surface area contributed by atoms with Crippen molar-refractivity contribution >= 4 is 29.0 Å². The van der Waals surface area contributed by atoms with Gasteiger partial charge in [0.25, 0.3) is 11.5 Å². The van der Waals surface area contributed by atoms with Crippen LogP contribution in [-0.2, 0) is 27.4 Å². The van der Waals surface area contributed by atoms with Gasteiger partial charge in [-0.3, -0.25) is 19.1 Å². The molecule has 1 aliphatic carbocycles. The number of nitrogens with zero attached hydrogens (tertiary/aromatic N) is 4. The van der Waals surface area contributed by atoms with Crippen molar-refractivity contribution in [2.45, 2.75) is 76.9 Å². The quantitative estimate of drug-likeness (QED) is 0.233. The molecular formula is C38H42N4O8. The molecule has 2 heterocycles. The predicted molar refractivity (Wildman–Crippen MR) is 185 cm³/mol. The number of fused-ring (bicyclic) bond motifs is 1. The van der Waals surface area contributed by atoms with E-state index in [4.69, 9.17) is 18.9 Å². The molecule has 12 nitrogen and oxygen atoms in total. The lowest BCUT2D eigenvalue weighted by molar-refractivity contribution is -0.152. The van der Waals surface area contributed by atoms with E-state index in [0.29, 0.717) is 41.8 Å². The van der Waals surface area contributed by atoms with Crippen molar-refractivity contribution in [3.63, 3.8) is 0 Å². The maximum Gasteiger partial charge on any atom is 0.417 e. The van der Waals surface area contributed by atoms with Crippen LogP contribution in [0.5, 0.6) is 11.5 Å². The summed E-state index contributed by atoms with van der Waals surface area (Å²) in [7, 11) is 1.52. The third-order valence-electron chi connectivity index (χ3n) is 9.11. The average Bonchev–Trinajstić information content (AvgIpc) is 3.10. The van der Waals surface area contributed by atoms with Gasteiger partial charge < -0.3 is 18.9 Å². The minimum Gasteiger partial charge on any atom is -0.493 e. The minimum absolute atomic E-state index is 0.0139. The average molecular weight is 683 g/mol. The van der Waals surface area contributed by atoms with Crippen LogP contribution in [-0.4, -0.2) is 74.9 Å². The third kappa shape index (κ3) is 7.29. The summed E-state index contributed by atoms with van der Waals surface area (Å²) in [6.45, 7) is 5.71. The number of amides is 3. The van der Waals surface area contributed by atoms with Gasteiger partial charge in [0, 0.05) is 19.2 Å². The summed E-state index contributed by atoms with van der Waals surface area (Å²) in [6, 6.07) is 22.3. The Bertz CT molecular complexity index is 1910. The number of piperazine rings is 1. The highest BCUT2D eigenvalue weighted by Crippen LogP contribution is 2.41. The Hall–Kier alpha value is -5.39. The lowest BCUT2D eigenvalue weighted by Gasteiger charge is -2.50. The molecule has 3 amide bonds. The summed E-state index contributed by atoms with van der Waals surface area (Å²) < 4.78 is 24.9. The van der Waals surface area contributed by atoms with E-state index >= 15 is 0 Å². The van der Waals surface area contributed by atoms with Crippen LogP contribution in [0, 0.1) is 0 Å². The number of hydrogen-bond donors (Lipinski definition) is 0. The molecule has 0 radical (unpaired) electrons. The molecule has 1 aliphatic heterocycles. The van der Waals surface area contributed by atoms with Crippen LogP contribution in [0.1, 0.15) is 57.6 Å². The molecule has 1 spiro atoms. The molecule has 1 saturated carbocycles. The monoisotopic (exact) mass is 682 g/mol. The highest BCUT2D eigenvalue weighted by molar-refractivity contribution is 6.00. The molecule has 262 valence electrons. The molecule has 12 heteroatoms. The summed E-state index contributed by atoms with van der Waals surface area (Å²) >= 11 is 0. The van der Waals surface area contributed by atoms with E-state index in [-0.39, 0.29) is 44.2 Å². The Labute approximate surface area is 290 Å². The van der Waals surface area contributed by atoms with Crippen molar-refractivity contribution in [3.05, 3.63) is 101 Å². The van der Waals surface area contributed by atoms with Gasteiger partial charge in [-0.15, -0.1) is 0 Å². The fraction of sp³-hybridized carbons (Fsp3) is 0.395. The van der Waals surface area contributed by atoms with Crippen molar-refractivity contribution in [2.24, 2.45) is 0 Å². The van der Waals surface area contributed by atoms with E-state index in [1.165, 1.54) is 18.3 Å². The molecule has 0 bridgehead atoms. The lowest BCUT2D eigenvalue weighted by atomic mass is 9.77. The zero-order valence-electron chi connectivity index (χ0n) is 28.8. The molecule has 6 rings (SSSR count). The number of ether oxygens (including phenoxy) is 4. The zero-order chi connectivity index (χ0) is 35.5. The van der Waals surface area contributed by atoms with Crippen LogP contribution in [0.2, 0.25) is 0 Å². The van der Waals surface area contributed by atoms with Gasteiger partial charge in [-0.25, -0.2) is 19.5 Å². The fourth-order valence-corrected chi connectivity index (χ4v) is 6.60. The van der Waals surface area contributed by atoms with Crippen LogP contribution < -0.4 is 15.0 Å². The molecule has 3 aromatic carbocycles. The van der Waals surface area contributed by atoms with Gasteiger partial charge in [0.1, 0.15) is 17.7 Å². The van der Waals surface area contributed by atoms with Gasteiger partial charge in [-0.05, 0) is 63.6 Å². The standard InChI is InChI=1S/C38H42N4O8/c1-37(2,3)50-35(45)41-19-20-42(36(46)48-24-27-13-9-6-10-14-27)38(34(41)44)17-15-28(16-18-38)49-32-21-29-30(22-31(32)47-4)39-25-40(33(29)43)23-26-11-7-5-8-12-26/h5-14,21-22,25,28H,15-20,23-24H2,1-4H3. The highest BCUT2D eigenvalue weighted by atomic mass is 16.6. The van der Waals surface area contributed by atoms with Crippen LogP contribution in [0.3, 0.4) is 0 Å². The van der Waals surface area contributed by atoms with Gasteiger partial charge in [0.05, 0.1) is 37.0 Å². The second-order valence-corrected chi connectivity index (χ2v) is 13.7. The molecule has 2 fully saturated rings. The Morgan fingerprint density at radius 1 is 0.880 bits per heavy atom. The number of rotatable bonds is 7. The SMILES string of the molecule is COc1cc2ncn(Cc3ccccc3)c(=O)c2cc1OC1CCC2(CC1)C(=O)N(C(=O)OC(C)(C)C)CCN2C(=O)OCc1ccccc1. The van der Waals surface area contributed by atoms with E-state index in [9.17, 15) is 19.2 Å². The Balaban J connectivity index is 1.23. The Morgan fingerprint density at radius 2 is 1.54 bits per heavy atom. The van der Waals surface area contributed by atoms with Gasteiger partial charge in [-0.2, -0.15) is 0 Å². The molecule has 4 aromatic rings. The molecule has 0 atom stereocenters. The van der Waals surface area contributed by atoms with E-state index < -0.39 is 29.2 Å². The van der Waals surface area contributed by atoms with Gasteiger partial charge in [0.15, 0.2) is 11.5 Å². The van der Waals surface area contributed by atoms with E-state index in [2.05, 4.69) is 4.98 Å². The number of hydrogen-bond acceptors (Lipinski definition) is 9. The molecule has 0 unspecified atom stereocenters. The summed E-state index contributed by atoms with van der Waals surface area (Å²) in [5, 5.41) is 0.384. The minimum atomic E-state index is -1.33. The predicted octanol–water partition coefficient (Wildman–Crippen LogP) is 5.93. The highest BCUT2D eigenvalue weighted by Gasteiger charge is 2.55. The number of imide groups is 1. The van der Waals surface area contributed by atoms with Crippen LogP contribution in [0.15, 0.2) is 83.9 Å². The maximum atomic E-state index is 14.2. The van der Waals surface area contributed by atoms with Crippen molar-refractivity contribution in [2.75, 3.05) is 20.2 Å². The molecule has 50 heavy (non-hydrogen) atoms. The zero-order valence-corrected chi connectivity index (χ0v) is 28.8. The number of aromatic nitrogens is 2. The maximum absolute atomic E-state index is 14.2. The second-order valence-electron chi connectivity index (χ2n) is 13.7. The first-order valence-corrected chi connectivity index (χ1v) is 16.8. The molecular weight excluding hydrogens is 640 g/mol. The number of carbonyl (C=O) groups is 3. The van der Waals surface area contributed by atoms with Crippen molar-refractivity contribution < 1.29 is 33.3 Å². The number of methoxy groups -OCH3 is 1. The van der Waals surface area contributed by atoms with Gasteiger partial charge >= 0.3 is 12.2 Å². The first-order valence-electron chi connectivity index (χ1n) is 16.8.